The van der Waals surface area contributed by atoms with E-state index in [0.29, 0.717) is 0 Å². The van der Waals surface area contributed by atoms with Gasteiger partial charge in [0.05, 0.1) is 0 Å². The lowest BCUT2D eigenvalue weighted by Gasteiger charge is -2.22. The molecule has 2 aromatic carbocycles. The summed E-state index contributed by atoms with van der Waals surface area (Å²) in [7, 11) is 1.96. The monoisotopic (exact) mass is 286 g/mol. The van der Waals surface area contributed by atoms with Crippen LogP contribution in [0.4, 0.5) is 10.1 Å². The van der Waals surface area contributed by atoms with E-state index in [4.69, 9.17) is 5.73 Å². The zero-order valence-electron chi connectivity index (χ0n) is 12.9. The van der Waals surface area contributed by atoms with E-state index in [1.807, 2.05) is 18.0 Å². The molecule has 0 bridgehead atoms. The summed E-state index contributed by atoms with van der Waals surface area (Å²) >= 11 is 0. The SMILES string of the molecule is Cc1cc(C)cc(C(N)CCN(C)c2cccc(F)c2)c1. The predicted octanol–water partition coefficient (Wildman–Crippen LogP) is 3.97. The molecule has 2 aromatic rings. The number of hydrogen-bond donors (Lipinski definition) is 1. The first-order valence-corrected chi connectivity index (χ1v) is 7.26. The normalized spacial score (nSPS) is 12.2. The number of rotatable bonds is 5. The molecule has 0 saturated carbocycles. The van der Waals surface area contributed by atoms with E-state index in [1.54, 1.807) is 12.1 Å². The standard InChI is InChI=1S/C18H23FN2/c1-13-9-14(2)11-15(10-13)18(20)7-8-21(3)17-6-4-5-16(19)12-17/h4-6,9-12,18H,7-8,20H2,1-3H3. The fourth-order valence-corrected chi connectivity index (χ4v) is 2.57. The summed E-state index contributed by atoms with van der Waals surface area (Å²) in [6.45, 7) is 4.96. The number of nitrogens with zero attached hydrogens (tertiary/aromatic N) is 1. The van der Waals surface area contributed by atoms with Crippen molar-refractivity contribution in [2.45, 2.75) is 26.3 Å². The van der Waals surface area contributed by atoms with Gasteiger partial charge < -0.3 is 10.6 Å². The average Bonchev–Trinajstić information content (AvgIpc) is 2.43. The van der Waals surface area contributed by atoms with Crippen LogP contribution in [0.25, 0.3) is 0 Å². The van der Waals surface area contributed by atoms with Gasteiger partial charge >= 0.3 is 0 Å². The molecule has 112 valence electrons. The molecule has 21 heavy (non-hydrogen) atoms. The minimum atomic E-state index is -0.210. The molecule has 3 heteroatoms. The van der Waals surface area contributed by atoms with Gasteiger partial charge in [0, 0.05) is 25.3 Å². The molecule has 2 N–H and O–H groups in total. The molecule has 0 amide bonds. The molecule has 0 saturated heterocycles. The fraction of sp³-hybridized carbons (Fsp3) is 0.333. The molecule has 0 heterocycles. The van der Waals surface area contributed by atoms with Crippen molar-refractivity contribution in [3.05, 3.63) is 65.0 Å². The quantitative estimate of drug-likeness (QED) is 0.901. The molecule has 0 aromatic heterocycles. The van der Waals surface area contributed by atoms with Crippen molar-refractivity contribution in [3.8, 4) is 0 Å². The van der Waals surface area contributed by atoms with E-state index >= 15 is 0 Å². The van der Waals surface area contributed by atoms with Gasteiger partial charge in [-0.15, -0.1) is 0 Å². The van der Waals surface area contributed by atoms with E-state index in [0.717, 1.165) is 18.7 Å². The highest BCUT2D eigenvalue weighted by Crippen LogP contribution is 2.20. The largest absolute Gasteiger partial charge is 0.374 e. The number of hydrogen-bond acceptors (Lipinski definition) is 2. The summed E-state index contributed by atoms with van der Waals surface area (Å²) in [6.07, 6.45) is 0.829. The molecular formula is C18H23FN2. The Morgan fingerprint density at radius 2 is 1.76 bits per heavy atom. The molecule has 0 radical (unpaired) electrons. The van der Waals surface area contributed by atoms with Crippen molar-refractivity contribution in [1.82, 2.24) is 0 Å². The lowest BCUT2D eigenvalue weighted by Crippen LogP contribution is -2.23. The topological polar surface area (TPSA) is 29.3 Å². The van der Waals surface area contributed by atoms with Crippen LogP contribution in [0.2, 0.25) is 0 Å². The lowest BCUT2D eigenvalue weighted by atomic mass is 9.99. The molecule has 0 fully saturated rings. The second-order valence-electron chi connectivity index (χ2n) is 5.72. The maximum atomic E-state index is 13.2. The zero-order valence-corrected chi connectivity index (χ0v) is 12.9. The van der Waals surface area contributed by atoms with E-state index in [2.05, 4.69) is 32.0 Å². The van der Waals surface area contributed by atoms with Crippen LogP contribution >= 0.6 is 0 Å². The number of benzene rings is 2. The van der Waals surface area contributed by atoms with Crippen LogP contribution in [-0.4, -0.2) is 13.6 Å². The predicted molar refractivity (Wildman–Crippen MR) is 87.1 cm³/mol. The maximum Gasteiger partial charge on any atom is 0.125 e. The minimum Gasteiger partial charge on any atom is -0.374 e. The first-order chi connectivity index (χ1) is 9.95. The Hall–Kier alpha value is -1.87. The number of aryl methyl sites for hydroxylation is 2. The summed E-state index contributed by atoms with van der Waals surface area (Å²) in [5, 5.41) is 0. The van der Waals surface area contributed by atoms with Crippen LogP contribution in [0.15, 0.2) is 42.5 Å². The molecule has 1 unspecified atom stereocenters. The van der Waals surface area contributed by atoms with Crippen molar-refractivity contribution in [2.24, 2.45) is 5.73 Å². The summed E-state index contributed by atoms with van der Waals surface area (Å²) in [6, 6.07) is 13.1. The molecule has 0 aliphatic heterocycles. The van der Waals surface area contributed by atoms with Gasteiger partial charge in [-0.25, -0.2) is 4.39 Å². The van der Waals surface area contributed by atoms with E-state index in [1.165, 1.54) is 22.8 Å². The molecular weight excluding hydrogens is 263 g/mol. The van der Waals surface area contributed by atoms with Crippen molar-refractivity contribution in [2.75, 3.05) is 18.5 Å². The third kappa shape index (κ3) is 4.30. The zero-order chi connectivity index (χ0) is 15.4. The summed E-state index contributed by atoms with van der Waals surface area (Å²) in [5.41, 5.74) is 10.8. The van der Waals surface area contributed by atoms with Gasteiger partial charge in [0.1, 0.15) is 5.82 Å². The second-order valence-corrected chi connectivity index (χ2v) is 5.72. The highest BCUT2D eigenvalue weighted by atomic mass is 19.1. The highest BCUT2D eigenvalue weighted by molar-refractivity contribution is 5.45. The summed E-state index contributed by atoms with van der Waals surface area (Å²) in [5.74, 6) is -0.210. The lowest BCUT2D eigenvalue weighted by molar-refractivity contribution is 0.623. The molecule has 0 spiro atoms. The minimum absolute atomic E-state index is 0.000362. The molecule has 2 rings (SSSR count). The second kappa shape index (κ2) is 6.72. The van der Waals surface area contributed by atoms with Crippen molar-refractivity contribution >= 4 is 5.69 Å². The Labute approximate surface area is 126 Å². The van der Waals surface area contributed by atoms with E-state index < -0.39 is 0 Å². The Kier molecular flexibility index (Phi) is 4.97. The van der Waals surface area contributed by atoms with Gasteiger partial charge in [0.2, 0.25) is 0 Å². The van der Waals surface area contributed by atoms with E-state index in [-0.39, 0.29) is 11.9 Å². The molecule has 1 atom stereocenters. The smallest absolute Gasteiger partial charge is 0.125 e. The molecule has 0 aliphatic rings. The van der Waals surface area contributed by atoms with Gasteiger partial charge in [0.25, 0.3) is 0 Å². The van der Waals surface area contributed by atoms with Gasteiger partial charge in [0.15, 0.2) is 0 Å². The first-order valence-electron chi connectivity index (χ1n) is 7.26. The van der Waals surface area contributed by atoms with Crippen LogP contribution in [0.3, 0.4) is 0 Å². The van der Waals surface area contributed by atoms with Crippen molar-refractivity contribution in [3.63, 3.8) is 0 Å². The van der Waals surface area contributed by atoms with Crippen LogP contribution in [-0.2, 0) is 0 Å². The average molecular weight is 286 g/mol. The number of anilines is 1. The van der Waals surface area contributed by atoms with Gasteiger partial charge in [-0.3, -0.25) is 0 Å². The Balaban J connectivity index is 1.98. The van der Waals surface area contributed by atoms with Crippen molar-refractivity contribution < 1.29 is 4.39 Å². The van der Waals surface area contributed by atoms with Crippen LogP contribution < -0.4 is 10.6 Å². The fourth-order valence-electron chi connectivity index (χ4n) is 2.57. The van der Waals surface area contributed by atoms with Crippen LogP contribution in [0.1, 0.15) is 29.2 Å². The summed E-state index contributed by atoms with van der Waals surface area (Å²) in [4.78, 5) is 2.03. The van der Waals surface area contributed by atoms with Gasteiger partial charge in [-0.1, -0.05) is 35.4 Å². The Morgan fingerprint density at radius 1 is 1.10 bits per heavy atom. The van der Waals surface area contributed by atoms with Gasteiger partial charge in [-0.05, 0) is 44.0 Å². The Bertz CT molecular complexity index is 590. The van der Waals surface area contributed by atoms with Crippen molar-refractivity contribution in [1.29, 1.82) is 0 Å². The molecule has 2 nitrogen and oxygen atoms in total. The summed E-state index contributed by atoms with van der Waals surface area (Å²) < 4.78 is 13.2. The first kappa shape index (κ1) is 15.5. The third-order valence-corrected chi connectivity index (χ3v) is 3.70. The van der Waals surface area contributed by atoms with Crippen LogP contribution in [0, 0.1) is 19.7 Å². The van der Waals surface area contributed by atoms with Gasteiger partial charge in [-0.2, -0.15) is 0 Å². The third-order valence-electron chi connectivity index (χ3n) is 3.70. The maximum absolute atomic E-state index is 13.2. The van der Waals surface area contributed by atoms with Crippen LogP contribution in [0.5, 0.6) is 0 Å². The van der Waals surface area contributed by atoms with E-state index in [9.17, 15) is 4.39 Å². The highest BCUT2D eigenvalue weighted by Gasteiger charge is 2.09. The Morgan fingerprint density at radius 3 is 2.38 bits per heavy atom. The number of halogens is 1. The number of nitrogens with two attached hydrogens (primary N) is 1. The molecule has 0 aliphatic carbocycles.